The van der Waals surface area contributed by atoms with E-state index in [1.807, 2.05) is 6.92 Å². The summed E-state index contributed by atoms with van der Waals surface area (Å²) in [5, 5.41) is 0. The van der Waals surface area contributed by atoms with Gasteiger partial charge in [-0.3, -0.25) is 14.7 Å². The van der Waals surface area contributed by atoms with Gasteiger partial charge in [-0.25, -0.2) is 4.98 Å². The predicted octanol–water partition coefficient (Wildman–Crippen LogP) is 0.459. The summed E-state index contributed by atoms with van der Waals surface area (Å²) >= 11 is 0. The Hall–Kier alpha value is -1.45. The first-order valence-corrected chi connectivity index (χ1v) is 3.36. The van der Waals surface area contributed by atoms with Crippen molar-refractivity contribution in [3.05, 3.63) is 18.6 Å². The number of amides is 1. The predicted molar refractivity (Wildman–Crippen MR) is 41.1 cm³/mol. The molecule has 0 N–H and O–H groups in total. The SMILES string of the molecule is CCN(C=O)c1cnccn1. The molecule has 0 aromatic carbocycles. The van der Waals surface area contributed by atoms with Crippen molar-refractivity contribution in [3.63, 3.8) is 0 Å². The quantitative estimate of drug-likeness (QED) is 0.589. The van der Waals surface area contributed by atoms with Crippen LogP contribution in [0.25, 0.3) is 0 Å². The molecule has 0 aliphatic carbocycles. The molecule has 11 heavy (non-hydrogen) atoms. The van der Waals surface area contributed by atoms with E-state index >= 15 is 0 Å². The molecule has 0 aliphatic rings. The average molecular weight is 151 g/mol. The first-order valence-electron chi connectivity index (χ1n) is 3.36. The zero-order valence-electron chi connectivity index (χ0n) is 6.27. The Labute approximate surface area is 64.9 Å². The standard InChI is InChI=1S/C7H9N3O/c1-2-10(6-11)7-5-8-3-4-9-7/h3-6H,2H2,1H3. The van der Waals surface area contributed by atoms with Crippen molar-refractivity contribution in [1.82, 2.24) is 9.97 Å². The van der Waals surface area contributed by atoms with Gasteiger partial charge in [0.15, 0.2) is 5.82 Å². The van der Waals surface area contributed by atoms with E-state index in [0.717, 1.165) is 6.41 Å². The lowest BCUT2D eigenvalue weighted by Crippen LogP contribution is -2.21. The summed E-state index contributed by atoms with van der Waals surface area (Å²) in [6, 6.07) is 0. The number of anilines is 1. The Bertz CT molecular complexity index is 224. The van der Waals surface area contributed by atoms with E-state index < -0.39 is 0 Å². The number of aromatic nitrogens is 2. The minimum absolute atomic E-state index is 0.588. The number of carbonyl (C=O) groups excluding carboxylic acids is 1. The van der Waals surface area contributed by atoms with Crippen molar-refractivity contribution in [2.45, 2.75) is 6.92 Å². The first-order chi connectivity index (χ1) is 5.38. The molecule has 0 aliphatic heterocycles. The third kappa shape index (κ3) is 1.73. The molecule has 1 rings (SSSR count). The van der Waals surface area contributed by atoms with Gasteiger partial charge in [-0.1, -0.05) is 0 Å². The highest BCUT2D eigenvalue weighted by Crippen LogP contribution is 2.02. The zero-order chi connectivity index (χ0) is 8.10. The molecule has 4 heteroatoms. The molecular formula is C7H9N3O. The molecule has 0 fully saturated rings. The molecule has 0 spiro atoms. The van der Waals surface area contributed by atoms with E-state index in [2.05, 4.69) is 9.97 Å². The smallest absolute Gasteiger partial charge is 0.215 e. The average Bonchev–Trinajstić information content (AvgIpc) is 2.09. The topological polar surface area (TPSA) is 46.1 Å². The second-order valence-electron chi connectivity index (χ2n) is 1.96. The van der Waals surface area contributed by atoms with Gasteiger partial charge in [-0.2, -0.15) is 0 Å². The van der Waals surface area contributed by atoms with Crippen molar-refractivity contribution >= 4 is 12.2 Å². The van der Waals surface area contributed by atoms with Crippen LogP contribution in [-0.2, 0) is 4.79 Å². The van der Waals surface area contributed by atoms with Gasteiger partial charge in [0.1, 0.15) is 0 Å². The van der Waals surface area contributed by atoms with Crippen LogP contribution in [0.4, 0.5) is 5.82 Å². The minimum atomic E-state index is 0.588. The van der Waals surface area contributed by atoms with Crippen LogP contribution in [0.15, 0.2) is 18.6 Å². The summed E-state index contributed by atoms with van der Waals surface area (Å²) < 4.78 is 0. The molecule has 0 radical (unpaired) electrons. The van der Waals surface area contributed by atoms with Crippen molar-refractivity contribution < 1.29 is 4.79 Å². The van der Waals surface area contributed by atoms with Gasteiger partial charge in [0, 0.05) is 18.9 Å². The van der Waals surface area contributed by atoms with Crippen LogP contribution in [0.5, 0.6) is 0 Å². The zero-order valence-corrected chi connectivity index (χ0v) is 6.27. The summed E-state index contributed by atoms with van der Waals surface area (Å²) in [6.07, 6.45) is 5.42. The van der Waals surface area contributed by atoms with Gasteiger partial charge in [0.2, 0.25) is 6.41 Å². The fourth-order valence-electron chi connectivity index (χ4n) is 0.730. The van der Waals surface area contributed by atoms with E-state index in [0.29, 0.717) is 12.4 Å². The molecule has 0 atom stereocenters. The van der Waals surface area contributed by atoms with Gasteiger partial charge >= 0.3 is 0 Å². The molecule has 58 valence electrons. The summed E-state index contributed by atoms with van der Waals surface area (Å²) in [7, 11) is 0. The molecular weight excluding hydrogens is 142 g/mol. The Morgan fingerprint density at radius 3 is 2.91 bits per heavy atom. The van der Waals surface area contributed by atoms with Crippen LogP contribution in [-0.4, -0.2) is 22.9 Å². The van der Waals surface area contributed by atoms with Crippen LogP contribution in [0.3, 0.4) is 0 Å². The minimum Gasteiger partial charge on any atom is -0.298 e. The summed E-state index contributed by atoms with van der Waals surface area (Å²) in [5.41, 5.74) is 0. The maximum absolute atomic E-state index is 10.4. The number of carbonyl (C=O) groups is 1. The highest BCUT2D eigenvalue weighted by molar-refractivity contribution is 5.71. The third-order valence-corrected chi connectivity index (χ3v) is 1.31. The molecule has 1 heterocycles. The van der Waals surface area contributed by atoms with Crippen LogP contribution in [0.1, 0.15) is 6.92 Å². The van der Waals surface area contributed by atoms with E-state index in [4.69, 9.17) is 0 Å². The van der Waals surface area contributed by atoms with Crippen LogP contribution in [0, 0.1) is 0 Å². The lowest BCUT2D eigenvalue weighted by atomic mass is 10.5. The summed E-state index contributed by atoms with van der Waals surface area (Å²) in [4.78, 5) is 19.7. The molecule has 1 aromatic rings. The Kier molecular flexibility index (Phi) is 2.54. The van der Waals surface area contributed by atoms with Crippen molar-refractivity contribution in [2.24, 2.45) is 0 Å². The summed E-state index contributed by atoms with van der Waals surface area (Å²) in [5.74, 6) is 0.588. The van der Waals surface area contributed by atoms with Gasteiger partial charge in [0.05, 0.1) is 6.20 Å². The second kappa shape index (κ2) is 3.65. The van der Waals surface area contributed by atoms with Crippen LogP contribution in [0.2, 0.25) is 0 Å². The van der Waals surface area contributed by atoms with Gasteiger partial charge in [0.25, 0.3) is 0 Å². The maximum atomic E-state index is 10.4. The van der Waals surface area contributed by atoms with E-state index in [9.17, 15) is 4.79 Å². The Morgan fingerprint density at radius 2 is 2.45 bits per heavy atom. The molecule has 0 saturated carbocycles. The van der Waals surface area contributed by atoms with Crippen molar-refractivity contribution in [1.29, 1.82) is 0 Å². The largest absolute Gasteiger partial charge is 0.298 e. The number of hydrogen-bond acceptors (Lipinski definition) is 3. The van der Waals surface area contributed by atoms with E-state index in [1.165, 1.54) is 4.90 Å². The molecule has 1 amide bonds. The highest BCUT2D eigenvalue weighted by Gasteiger charge is 2.00. The van der Waals surface area contributed by atoms with E-state index in [-0.39, 0.29) is 0 Å². The third-order valence-electron chi connectivity index (χ3n) is 1.31. The molecule has 4 nitrogen and oxygen atoms in total. The Balaban J connectivity index is 2.82. The number of hydrogen-bond donors (Lipinski definition) is 0. The fourth-order valence-corrected chi connectivity index (χ4v) is 0.730. The number of rotatable bonds is 3. The first kappa shape index (κ1) is 7.65. The Morgan fingerprint density at radius 1 is 1.64 bits per heavy atom. The lowest BCUT2D eigenvalue weighted by Gasteiger charge is -2.11. The maximum Gasteiger partial charge on any atom is 0.215 e. The monoisotopic (exact) mass is 151 g/mol. The lowest BCUT2D eigenvalue weighted by molar-refractivity contribution is -0.107. The van der Waals surface area contributed by atoms with Crippen LogP contribution >= 0.6 is 0 Å². The van der Waals surface area contributed by atoms with Crippen molar-refractivity contribution in [2.75, 3.05) is 11.4 Å². The summed E-state index contributed by atoms with van der Waals surface area (Å²) in [6.45, 7) is 2.49. The molecule has 0 unspecified atom stereocenters. The van der Waals surface area contributed by atoms with E-state index in [1.54, 1.807) is 18.6 Å². The molecule has 1 aromatic heterocycles. The number of nitrogens with zero attached hydrogens (tertiary/aromatic N) is 3. The highest BCUT2D eigenvalue weighted by atomic mass is 16.1. The second-order valence-corrected chi connectivity index (χ2v) is 1.96. The van der Waals surface area contributed by atoms with Gasteiger partial charge < -0.3 is 0 Å². The van der Waals surface area contributed by atoms with Gasteiger partial charge in [-0.05, 0) is 6.92 Å². The van der Waals surface area contributed by atoms with Crippen LogP contribution < -0.4 is 4.90 Å². The normalized spacial score (nSPS) is 9.18. The van der Waals surface area contributed by atoms with Crippen molar-refractivity contribution in [3.8, 4) is 0 Å². The molecule has 0 saturated heterocycles. The molecule has 0 bridgehead atoms. The van der Waals surface area contributed by atoms with Gasteiger partial charge in [-0.15, -0.1) is 0 Å². The fraction of sp³-hybridized carbons (Fsp3) is 0.286.